The summed E-state index contributed by atoms with van der Waals surface area (Å²) in [5, 5.41) is 2.84. The molecule has 1 atom stereocenters. The van der Waals surface area contributed by atoms with Gasteiger partial charge in [-0.3, -0.25) is 4.79 Å². The van der Waals surface area contributed by atoms with Crippen LogP contribution in [-0.4, -0.2) is 24.5 Å². The van der Waals surface area contributed by atoms with Crippen molar-refractivity contribution in [1.82, 2.24) is 5.32 Å². The van der Waals surface area contributed by atoms with E-state index >= 15 is 0 Å². The van der Waals surface area contributed by atoms with Crippen LogP contribution in [0.4, 0.5) is 4.79 Å². The van der Waals surface area contributed by atoms with Crippen LogP contribution in [0.15, 0.2) is 18.2 Å². The fourth-order valence-corrected chi connectivity index (χ4v) is 2.64. The van der Waals surface area contributed by atoms with Crippen LogP contribution in [0.25, 0.3) is 0 Å². The van der Waals surface area contributed by atoms with E-state index < -0.39 is 5.60 Å². The van der Waals surface area contributed by atoms with Gasteiger partial charge in [0.2, 0.25) is 0 Å². The Kier molecular flexibility index (Phi) is 4.66. The van der Waals surface area contributed by atoms with E-state index in [0.717, 1.165) is 31.1 Å². The van der Waals surface area contributed by atoms with Gasteiger partial charge in [0, 0.05) is 12.1 Å². The number of nitrogens with one attached hydrogen (secondary N) is 1. The summed E-state index contributed by atoms with van der Waals surface area (Å²) >= 11 is 0. The van der Waals surface area contributed by atoms with Gasteiger partial charge in [0.25, 0.3) is 0 Å². The number of fused-ring (bicyclic) bond motifs is 1. The maximum Gasteiger partial charge on any atom is 0.407 e. The van der Waals surface area contributed by atoms with Gasteiger partial charge in [-0.05, 0) is 63.1 Å². The van der Waals surface area contributed by atoms with Crippen molar-refractivity contribution in [3.05, 3.63) is 34.9 Å². The number of ether oxygens (including phenoxy) is 1. The van der Waals surface area contributed by atoms with Gasteiger partial charge >= 0.3 is 6.09 Å². The minimum absolute atomic E-state index is 0.366. The average Bonchev–Trinajstić information content (AvgIpc) is 2.42. The van der Waals surface area contributed by atoms with Crippen LogP contribution in [-0.2, 0) is 17.6 Å². The molecule has 2 rings (SSSR count). The summed E-state index contributed by atoms with van der Waals surface area (Å²) in [6.07, 6.45) is 3.45. The third kappa shape index (κ3) is 4.59. The van der Waals surface area contributed by atoms with Crippen LogP contribution >= 0.6 is 0 Å². The lowest BCUT2D eigenvalue weighted by Gasteiger charge is -2.26. The Morgan fingerprint density at radius 1 is 1.38 bits per heavy atom. The van der Waals surface area contributed by atoms with E-state index in [4.69, 9.17) is 4.74 Å². The minimum Gasteiger partial charge on any atom is -0.444 e. The molecule has 114 valence electrons. The van der Waals surface area contributed by atoms with E-state index in [1.165, 1.54) is 11.1 Å². The Balaban J connectivity index is 1.89. The zero-order valence-electron chi connectivity index (χ0n) is 12.9. The van der Waals surface area contributed by atoms with Crippen molar-refractivity contribution in [2.45, 2.75) is 45.6 Å². The number of aryl methyl sites for hydroxylation is 1. The summed E-state index contributed by atoms with van der Waals surface area (Å²) in [5.74, 6) is 0.395. The number of hydrogen-bond acceptors (Lipinski definition) is 3. The number of aldehydes is 1. The fraction of sp³-hybridized carbons (Fsp3) is 0.529. The van der Waals surface area contributed by atoms with Gasteiger partial charge in [0.1, 0.15) is 11.9 Å². The average molecular weight is 289 g/mol. The van der Waals surface area contributed by atoms with Gasteiger partial charge in [0.15, 0.2) is 0 Å². The van der Waals surface area contributed by atoms with E-state index in [9.17, 15) is 9.59 Å². The van der Waals surface area contributed by atoms with E-state index in [1.807, 2.05) is 39.0 Å². The SMILES string of the molecule is CC(C)(C)OC(=O)NCC1CCc2ccc(C=O)cc2C1. The molecule has 0 radical (unpaired) electrons. The first-order chi connectivity index (χ1) is 9.87. The topological polar surface area (TPSA) is 55.4 Å². The molecule has 4 heteroatoms. The van der Waals surface area contributed by atoms with Crippen molar-refractivity contribution >= 4 is 12.4 Å². The second-order valence-corrected chi connectivity index (χ2v) is 6.64. The lowest BCUT2D eigenvalue weighted by atomic mass is 9.83. The third-order valence-electron chi connectivity index (χ3n) is 3.63. The number of carbonyl (C=O) groups excluding carboxylic acids is 2. The Morgan fingerprint density at radius 2 is 2.14 bits per heavy atom. The van der Waals surface area contributed by atoms with Gasteiger partial charge in [-0.2, -0.15) is 0 Å². The van der Waals surface area contributed by atoms with Crippen molar-refractivity contribution in [2.24, 2.45) is 5.92 Å². The summed E-state index contributed by atoms with van der Waals surface area (Å²) < 4.78 is 5.24. The molecule has 1 aliphatic carbocycles. The second-order valence-electron chi connectivity index (χ2n) is 6.64. The number of amides is 1. The van der Waals surface area contributed by atoms with Crippen LogP contribution in [0.3, 0.4) is 0 Å². The van der Waals surface area contributed by atoms with Crippen molar-refractivity contribution in [3.63, 3.8) is 0 Å². The molecule has 1 N–H and O–H groups in total. The van der Waals surface area contributed by atoms with Gasteiger partial charge in [-0.15, -0.1) is 0 Å². The Hall–Kier alpha value is -1.84. The molecule has 0 spiro atoms. The number of hydrogen-bond donors (Lipinski definition) is 1. The Labute approximate surface area is 125 Å². The highest BCUT2D eigenvalue weighted by Crippen LogP contribution is 2.26. The zero-order valence-corrected chi connectivity index (χ0v) is 12.9. The molecular weight excluding hydrogens is 266 g/mol. The molecular formula is C17H23NO3. The lowest BCUT2D eigenvalue weighted by molar-refractivity contribution is 0.0517. The van der Waals surface area contributed by atoms with Crippen LogP contribution in [0.1, 0.15) is 48.7 Å². The first-order valence-electron chi connectivity index (χ1n) is 7.41. The van der Waals surface area contributed by atoms with Crippen molar-refractivity contribution < 1.29 is 14.3 Å². The van der Waals surface area contributed by atoms with Gasteiger partial charge in [0.05, 0.1) is 0 Å². The zero-order chi connectivity index (χ0) is 15.5. The molecule has 4 nitrogen and oxygen atoms in total. The summed E-state index contributed by atoms with van der Waals surface area (Å²) in [5.41, 5.74) is 2.78. The third-order valence-corrected chi connectivity index (χ3v) is 3.63. The lowest BCUT2D eigenvalue weighted by Crippen LogP contribution is -2.36. The standard InChI is InChI=1S/C17H23NO3/c1-17(2,3)21-16(20)18-10-12-4-6-14-7-5-13(11-19)9-15(14)8-12/h5,7,9,11-12H,4,6,8,10H2,1-3H3,(H,18,20). The van der Waals surface area contributed by atoms with Crippen molar-refractivity contribution in [1.29, 1.82) is 0 Å². The minimum atomic E-state index is -0.470. The van der Waals surface area contributed by atoms with Gasteiger partial charge in [-0.1, -0.05) is 12.1 Å². The fourth-order valence-electron chi connectivity index (χ4n) is 2.64. The quantitative estimate of drug-likeness (QED) is 0.870. The number of carbonyl (C=O) groups is 2. The van der Waals surface area contributed by atoms with Crippen LogP contribution in [0.2, 0.25) is 0 Å². The van der Waals surface area contributed by atoms with Crippen molar-refractivity contribution in [3.8, 4) is 0 Å². The monoisotopic (exact) mass is 289 g/mol. The van der Waals surface area contributed by atoms with E-state index in [0.29, 0.717) is 12.5 Å². The Morgan fingerprint density at radius 3 is 2.81 bits per heavy atom. The summed E-state index contributed by atoms with van der Waals surface area (Å²) in [4.78, 5) is 22.5. The molecule has 21 heavy (non-hydrogen) atoms. The molecule has 0 bridgehead atoms. The smallest absolute Gasteiger partial charge is 0.407 e. The molecule has 0 heterocycles. The molecule has 0 saturated heterocycles. The van der Waals surface area contributed by atoms with E-state index in [2.05, 4.69) is 5.32 Å². The number of benzene rings is 1. The molecule has 0 fully saturated rings. The van der Waals surface area contributed by atoms with E-state index in [1.54, 1.807) is 0 Å². The van der Waals surface area contributed by atoms with Gasteiger partial charge in [-0.25, -0.2) is 4.79 Å². The maximum atomic E-state index is 11.7. The molecule has 1 aliphatic rings. The second kappa shape index (κ2) is 6.29. The molecule has 1 aromatic rings. The van der Waals surface area contributed by atoms with Crippen LogP contribution in [0, 0.1) is 5.92 Å². The molecule has 0 aromatic heterocycles. The van der Waals surface area contributed by atoms with Crippen molar-refractivity contribution in [2.75, 3.05) is 6.54 Å². The predicted octanol–water partition coefficient (Wildman–Crippen LogP) is 3.13. The first kappa shape index (κ1) is 15.5. The molecule has 1 amide bonds. The van der Waals surface area contributed by atoms with E-state index in [-0.39, 0.29) is 6.09 Å². The highest BCUT2D eigenvalue weighted by atomic mass is 16.6. The number of rotatable bonds is 3. The molecule has 1 unspecified atom stereocenters. The van der Waals surface area contributed by atoms with Crippen LogP contribution < -0.4 is 5.32 Å². The molecule has 1 aromatic carbocycles. The Bertz CT molecular complexity index is 531. The maximum absolute atomic E-state index is 11.7. The first-order valence-corrected chi connectivity index (χ1v) is 7.41. The summed E-state index contributed by atoms with van der Waals surface area (Å²) in [7, 11) is 0. The number of alkyl carbamates (subject to hydrolysis) is 1. The summed E-state index contributed by atoms with van der Waals surface area (Å²) in [6.45, 7) is 6.17. The highest BCUT2D eigenvalue weighted by molar-refractivity contribution is 5.75. The largest absolute Gasteiger partial charge is 0.444 e. The molecule has 0 saturated carbocycles. The normalized spacial score (nSPS) is 17.8. The molecule has 0 aliphatic heterocycles. The highest BCUT2D eigenvalue weighted by Gasteiger charge is 2.21. The summed E-state index contributed by atoms with van der Waals surface area (Å²) in [6, 6.07) is 5.86. The van der Waals surface area contributed by atoms with Crippen LogP contribution in [0.5, 0.6) is 0 Å². The van der Waals surface area contributed by atoms with Gasteiger partial charge < -0.3 is 10.1 Å². The predicted molar refractivity (Wildman–Crippen MR) is 81.6 cm³/mol.